The van der Waals surface area contributed by atoms with E-state index in [1.807, 2.05) is 11.2 Å². The molecule has 2 atom stereocenters. The zero-order valence-corrected chi connectivity index (χ0v) is 18.0. The number of hydrogen-bond acceptors (Lipinski definition) is 4. The SMILES string of the molecule is C=C1C(C(C)C(C)CC)=CC(B2OC(C)(C)C(C)(C)O2)=NN1C=C(C)C. The lowest BCUT2D eigenvalue weighted by Crippen LogP contribution is -2.41. The average molecular weight is 358 g/mol. The van der Waals surface area contributed by atoms with Crippen molar-refractivity contribution in [1.82, 2.24) is 5.01 Å². The minimum atomic E-state index is -0.472. The Labute approximate surface area is 160 Å². The first kappa shape index (κ1) is 21.0. The van der Waals surface area contributed by atoms with Crippen molar-refractivity contribution in [3.05, 3.63) is 35.7 Å². The zero-order valence-electron chi connectivity index (χ0n) is 18.0. The quantitative estimate of drug-likeness (QED) is 0.623. The molecule has 0 N–H and O–H groups in total. The third kappa shape index (κ3) is 3.99. The highest BCUT2D eigenvalue weighted by Crippen LogP contribution is 2.39. The Morgan fingerprint density at radius 3 is 2.23 bits per heavy atom. The van der Waals surface area contributed by atoms with Crippen molar-refractivity contribution in [2.75, 3.05) is 0 Å². The van der Waals surface area contributed by atoms with Crippen LogP contribution in [-0.4, -0.2) is 28.9 Å². The molecule has 4 nitrogen and oxygen atoms in total. The van der Waals surface area contributed by atoms with Gasteiger partial charge in [0.2, 0.25) is 0 Å². The van der Waals surface area contributed by atoms with Crippen molar-refractivity contribution in [2.45, 2.75) is 79.9 Å². The van der Waals surface area contributed by atoms with E-state index in [9.17, 15) is 0 Å². The summed E-state index contributed by atoms with van der Waals surface area (Å²) < 4.78 is 12.5. The van der Waals surface area contributed by atoms with Gasteiger partial charge in [0.15, 0.2) is 0 Å². The van der Waals surface area contributed by atoms with Gasteiger partial charge >= 0.3 is 7.12 Å². The van der Waals surface area contributed by atoms with Crippen molar-refractivity contribution in [2.24, 2.45) is 16.9 Å². The van der Waals surface area contributed by atoms with Gasteiger partial charge in [0.25, 0.3) is 0 Å². The number of allylic oxidation sites excluding steroid dienone is 3. The fourth-order valence-electron chi connectivity index (χ4n) is 3.07. The first-order chi connectivity index (χ1) is 11.9. The Morgan fingerprint density at radius 2 is 1.77 bits per heavy atom. The zero-order chi connectivity index (χ0) is 19.9. The molecule has 0 aliphatic carbocycles. The topological polar surface area (TPSA) is 34.1 Å². The molecule has 0 spiro atoms. The average Bonchev–Trinajstić information content (AvgIpc) is 2.75. The summed E-state index contributed by atoms with van der Waals surface area (Å²) in [4.78, 5) is 0. The van der Waals surface area contributed by atoms with Gasteiger partial charge in [-0.3, -0.25) is 0 Å². The van der Waals surface area contributed by atoms with E-state index in [4.69, 9.17) is 14.4 Å². The molecule has 5 heteroatoms. The van der Waals surface area contributed by atoms with Crippen LogP contribution in [-0.2, 0) is 9.31 Å². The van der Waals surface area contributed by atoms with Crippen LogP contribution in [0.1, 0.15) is 68.7 Å². The summed E-state index contributed by atoms with van der Waals surface area (Å²) in [7, 11) is -0.472. The standard InChI is InChI=1S/C21H35BN2O2/c1-11-15(4)16(5)18-12-19(23-24(17(18)6)13-14(2)3)22-25-20(7,8)21(9,10)26-22/h12-13,15-16H,6,11H2,1-5,7-10H3. The Hall–Kier alpha value is -1.33. The Bertz CT molecular complexity index is 641. The lowest BCUT2D eigenvalue weighted by Gasteiger charge is -2.32. The van der Waals surface area contributed by atoms with Gasteiger partial charge < -0.3 is 9.31 Å². The van der Waals surface area contributed by atoms with Gasteiger partial charge in [0.1, 0.15) is 0 Å². The molecular formula is C21H35BN2O2. The van der Waals surface area contributed by atoms with E-state index in [1.165, 1.54) is 11.1 Å². The third-order valence-electron chi connectivity index (χ3n) is 6.00. The highest BCUT2D eigenvalue weighted by Gasteiger charge is 2.53. The van der Waals surface area contributed by atoms with Crippen molar-refractivity contribution in [3.8, 4) is 0 Å². The van der Waals surface area contributed by atoms with Crippen LogP contribution in [0.3, 0.4) is 0 Å². The predicted molar refractivity (Wildman–Crippen MR) is 111 cm³/mol. The van der Waals surface area contributed by atoms with Crippen LogP contribution in [0.2, 0.25) is 0 Å². The molecule has 144 valence electrons. The van der Waals surface area contributed by atoms with Crippen LogP contribution in [0.5, 0.6) is 0 Å². The maximum absolute atomic E-state index is 6.23. The molecule has 0 saturated carbocycles. The van der Waals surface area contributed by atoms with E-state index >= 15 is 0 Å². The lowest BCUT2D eigenvalue weighted by molar-refractivity contribution is 0.00578. The molecule has 2 rings (SSSR count). The maximum atomic E-state index is 6.23. The van der Waals surface area contributed by atoms with Crippen molar-refractivity contribution in [3.63, 3.8) is 0 Å². The van der Waals surface area contributed by atoms with Crippen LogP contribution in [0.15, 0.2) is 40.8 Å². The van der Waals surface area contributed by atoms with Gasteiger partial charge in [0, 0.05) is 6.20 Å². The van der Waals surface area contributed by atoms with Gasteiger partial charge in [-0.25, -0.2) is 5.01 Å². The van der Waals surface area contributed by atoms with Crippen LogP contribution in [0.4, 0.5) is 0 Å². The van der Waals surface area contributed by atoms with Crippen LogP contribution in [0.25, 0.3) is 0 Å². The summed E-state index contributed by atoms with van der Waals surface area (Å²) in [6.07, 6.45) is 5.26. The molecule has 1 fully saturated rings. The Morgan fingerprint density at radius 1 is 1.23 bits per heavy atom. The molecule has 0 amide bonds. The molecule has 26 heavy (non-hydrogen) atoms. The summed E-state index contributed by atoms with van der Waals surface area (Å²) >= 11 is 0. The molecule has 2 aliphatic heterocycles. The summed E-state index contributed by atoms with van der Waals surface area (Å²) in [5.41, 5.74) is 3.34. The van der Waals surface area contributed by atoms with Gasteiger partial charge in [-0.2, -0.15) is 5.10 Å². The van der Waals surface area contributed by atoms with Crippen molar-refractivity contribution >= 4 is 12.7 Å². The molecule has 0 aromatic carbocycles. The van der Waals surface area contributed by atoms with Gasteiger partial charge in [0.05, 0.1) is 22.5 Å². The number of rotatable bonds is 5. The fraction of sp³-hybridized carbons (Fsp3) is 0.667. The van der Waals surface area contributed by atoms with Gasteiger partial charge in [-0.15, -0.1) is 0 Å². The number of nitrogens with zero attached hydrogens (tertiary/aromatic N) is 2. The van der Waals surface area contributed by atoms with Crippen LogP contribution in [0, 0.1) is 11.8 Å². The largest absolute Gasteiger partial charge is 0.516 e. The normalized spacial score (nSPS) is 24.1. The molecule has 0 radical (unpaired) electrons. The second-order valence-electron chi connectivity index (χ2n) is 8.88. The van der Waals surface area contributed by atoms with Crippen molar-refractivity contribution < 1.29 is 9.31 Å². The fourth-order valence-corrected chi connectivity index (χ4v) is 3.07. The van der Waals surface area contributed by atoms with E-state index in [2.05, 4.69) is 75.0 Å². The summed E-state index contributed by atoms with van der Waals surface area (Å²) in [5.74, 6) is 0.942. The molecule has 2 aliphatic rings. The second-order valence-corrected chi connectivity index (χ2v) is 8.88. The minimum absolute atomic E-state index is 0.383. The van der Waals surface area contributed by atoms with Crippen molar-refractivity contribution in [1.29, 1.82) is 0 Å². The van der Waals surface area contributed by atoms with Gasteiger partial charge in [-0.05, 0) is 65.0 Å². The molecule has 2 unspecified atom stereocenters. The smallest absolute Gasteiger partial charge is 0.398 e. The highest BCUT2D eigenvalue weighted by molar-refractivity contribution is 6.84. The van der Waals surface area contributed by atoms with E-state index in [0.717, 1.165) is 17.7 Å². The van der Waals surface area contributed by atoms with Gasteiger partial charge in [-0.1, -0.05) is 39.3 Å². The highest BCUT2D eigenvalue weighted by atomic mass is 16.7. The number of hydrogen-bond donors (Lipinski definition) is 0. The Balaban J connectivity index is 2.44. The first-order valence-corrected chi connectivity index (χ1v) is 9.69. The number of hydrazone groups is 1. The first-order valence-electron chi connectivity index (χ1n) is 9.69. The summed E-state index contributed by atoms with van der Waals surface area (Å²) in [6.45, 7) is 23.5. The van der Waals surface area contributed by atoms with E-state index in [0.29, 0.717) is 11.8 Å². The summed E-state index contributed by atoms with van der Waals surface area (Å²) in [5, 5.41) is 6.66. The lowest BCUT2D eigenvalue weighted by atomic mass is 9.76. The molecule has 1 saturated heterocycles. The van der Waals surface area contributed by atoms with E-state index in [-0.39, 0.29) is 11.2 Å². The van der Waals surface area contributed by atoms with E-state index < -0.39 is 7.12 Å². The maximum Gasteiger partial charge on any atom is 0.516 e. The van der Waals surface area contributed by atoms with Crippen LogP contribution < -0.4 is 0 Å². The molecular weight excluding hydrogens is 323 g/mol. The summed E-state index contributed by atoms with van der Waals surface area (Å²) in [6, 6.07) is 0. The molecule has 0 aromatic rings. The van der Waals surface area contributed by atoms with E-state index in [1.54, 1.807) is 0 Å². The predicted octanol–water partition coefficient (Wildman–Crippen LogP) is 5.34. The molecule has 0 aromatic heterocycles. The second kappa shape index (κ2) is 7.36. The molecule has 0 bridgehead atoms. The monoisotopic (exact) mass is 358 g/mol. The Kier molecular flexibility index (Phi) is 5.94. The van der Waals surface area contributed by atoms with Crippen LogP contribution >= 0.6 is 0 Å². The minimum Gasteiger partial charge on any atom is -0.398 e. The third-order valence-corrected chi connectivity index (χ3v) is 6.00. The molecule has 2 heterocycles.